The Labute approximate surface area is 189 Å². The Morgan fingerprint density at radius 1 is 0.844 bits per heavy atom. The molecule has 1 atom stereocenters. The van der Waals surface area contributed by atoms with Crippen molar-refractivity contribution in [1.29, 1.82) is 0 Å². The van der Waals surface area contributed by atoms with E-state index < -0.39 is 23.3 Å². The third-order valence-electron chi connectivity index (χ3n) is 5.87. The Kier molecular flexibility index (Phi) is 7.64. The van der Waals surface area contributed by atoms with Crippen LogP contribution in [0.2, 0.25) is 0 Å². The first-order valence-corrected chi connectivity index (χ1v) is 10.5. The third kappa shape index (κ3) is 4.39. The molecule has 3 aromatic rings. The molecule has 6 heteroatoms. The molecule has 0 saturated carbocycles. The molecule has 1 unspecified atom stereocenters. The SMILES string of the molecule is COC(CC(O)CNC(N)=O)(OC)C(c1ccccc1)(c1ccccc1)c1ccccc1. The minimum atomic E-state index is -1.32. The van der Waals surface area contributed by atoms with Crippen molar-refractivity contribution in [1.82, 2.24) is 5.32 Å². The van der Waals surface area contributed by atoms with Crippen LogP contribution in [0.25, 0.3) is 0 Å². The molecule has 2 amide bonds. The van der Waals surface area contributed by atoms with E-state index in [9.17, 15) is 9.90 Å². The van der Waals surface area contributed by atoms with E-state index in [1.165, 1.54) is 0 Å². The number of carbonyl (C=O) groups excluding carboxylic acids is 1. The van der Waals surface area contributed by atoms with Crippen LogP contribution in [0, 0.1) is 0 Å². The Morgan fingerprint density at radius 2 is 1.22 bits per heavy atom. The lowest BCUT2D eigenvalue weighted by atomic mass is 9.62. The summed E-state index contributed by atoms with van der Waals surface area (Å²) < 4.78 is 12.3. The van der Waals surface area contributed by atoms with Crippen LogP contribution in [0.1, 0.15) is 23.1 Å². The molecule has 4 N–H and O–H groups in total. The van der Waals surface area contributed by atoms with Gasteiger partial charge in [-0.15, -0.1) is 0 Å². The van der Waals surface area contributed by atoms with Crippen molar-refractivity contribution in [3.8, 4) is 0 Å². The lowest BCUT2D eigenvalue weighted by Gasteiger charge is -2.50. The van der Waals surface area contributed by atoms with Gasteiger partial charge in [0.2, 0.25) is 0 Å². The summed E-state index contributed by atoms with van der Waals surface area (Å²) in [6, 6.07) is 29.2. The number of rotatable bonds is 10. The predicted octanol–water partition coefficient (Wildman–Crippen LogP) is 3.43. The Morgan fingerprint density at radius 3 is 1.53 bits per heavy atom. The summed E-state index contributed by atoms with van der Waals surface area (Å²) in [5.74, 6) is -1.32. The van der Waals surface area contributed by atoms with Gasteiger partial charge >= 0.3 is 6.03 Å². The molecular formula is C26H30N2O4. The number of nitrogens with two attached hydrogens (primary N) is 1. The highest BCUT2D eigenvalue weighted by molar-refractivity contribution is 5.71. The Hall–Kier alpha value is -3.19. The number of ether oxygens (including phenoxy) is 2. The van der Waals surface area contributed by atoms with Gasteiger partial charge in [0, 0.05) is 27.2 Å². The van der Waals surface area contributed by atoms with Crippen LogP contribution >= 0.6 is 0 Å². The first-order chi connectivity index (χ1) is 15.5. The highest BCUT2D eigenvalue weighted by atomic mass is 16.7. The van der Waals surface area contributed by atoms with Crippen molar-refractivity contribution in [3.63, 3.8) is 0 Å². The van der Waals surface area contributed by atoms with Crippen molar-refractivity contribution < 1.29 is 19.4 Å². The van der Waals surface area contributed by atoms with E-state index in [1.54, 1.807) is 14.2 Å². The zero-order valence-corrected chi connectivity index (χ0v) is 18.4. The highest BCUT2D eigenvalue weighted by Gasteiger charge is 2.57. The number of benzene rings is 3. The summed E-state index contributed by atoms with van der Waals surface area (Å²) in [5.41, 5.74) is 7.09. The summed E-state index contributed by atoms with van der Waals surface area (Å²) >= 11 is 0. The fourth-order valence-electron chi connectivity index (χ4n) is 4.53. The number of aliphatic hydroxyl groups is 1. The van der Waals surface area contributed by atoms with E-state index >= 15 is 0 Å². The van der Waals surface area contributed by atoms with Gasteiger partial charge in [0.1, 0.15) is 0 Å². The van der Waals surface area contributed by atoms with Crippen molar-refractivity contribution in [2.75, 3.05) is 20.8 Å². The summed E-state index contributed by atoms with van der Waals surface area (Å²) in [6.45, 7) is -0.0295. The van der Waals surface area contributed by atoms with Crippen molar-refractivity contribution in [2.24, 2.45) is 5.73 Å². The van der Waals surface area contributed by atoms with Gasteiger partial charge in [0.05, 0.1) is 11.5 Å². The molecule has 32 heavy (non-hydrogen) atoms. The minimum absolute atomic E-state index is 0.0295. The summed E-state index contributed by atoms with van der Waals surface area (Å²) in [5, 5.41) is 13.3. The van der Waals surface area contributed by atoms with Gasteiger partial charge in [-0.3, -0.25) is 0 Å². The van der Waals surface area contributed by atoms with Crippen molar-refractivity contribution in [3.05, 3.63) is 108 Å². The number of primary amides is 1. The molecule has 0 aromatic heterocycles. The van der Waals surface area contributed by atoms with Gasteiger partial charge in [-0.2, -0.15) is 0 Å². The summed E-state index contributed by atoms with van der Waals surface area (Å²) in [7, 11) is 3.14. The molecule has 0 aliphatic rings. The second kappa shape index (κ2) is 10.4. The van der Waals surface area contributed by atoms with Gasteiger partial charge in [0.15, 0.2) is 5.79 Å². The molecule has 3 aromatic carbocycles. The topological polar surface area (TPSA) is 93.8 Å². The molecule has 0 fully saturated rings. The maximum Gasteiger partial charge on any atom is 0.312 e. The van der Waals surface area contributed by atoms with E-state index in [2.05, 4.69) is 5.32 Å². The number of hydrogen-bond acceptors (Lipinski definition) is 4. The zero-order chi connectivity index (χ0) is 23.0. The second-order valence-corrected chi connectivity index (χ2v) is 7.61. The average molecular weight is 435 g/mol. The monoisotopic (exact) mass is 434 g/mol. The Balaban J connectivity index is 2.32. The van der Waals surface area contributed by atoms with E-state index in [1.807, 2.05) is 91.0 Å². The quantitative estimate of drug-likeness (QED) is 0.337. The van der Waals surface area contributed by atoms with Crippen LogP contribution < -0.4 is 11.1 Å². The van der Waals surface area contributed by atoms with Crippen LogP contribution in [0.3, 0.4) is 0 Å². The summed E-state index contributed by atoms with van der Waals surface area (Å²) in [6.07, 6.45) is -0.906. The largest absolute Gasteiger partial charge is 0.391 e. The molecule has 6 nitrogen and oxygen atoms in total. The van der Waals surface area contributed by atoms with Gasteiger partial charge in [0.25, 0.3) is 0 Å². The highest BCUT2D eigenvalue weighted by Crippen LogP contribution is 2.51. The van der Waals surface area contributed by atoms with Crippen LogP contribution in [-0.4, -0.2) is 43.8 Å². The van der Waals surface area contributed by atoms with Crippen LogP contribution in [0.15, 0.2) is 91.0 Å². The van der Waals surface area contributed by atoms with Crippen molar-refractivity contribution >= 4 is 6.03 Å². The van der Waals surface area contributed by atoms with Gasteiger partial charge in [-0.25, -0.2) is 4.79 Å². The first kappa shape index (κ1) is 23.5. The van der Waals surface area contributed by atoms with Crippen molar-refractivity contribution in [2.45, 2.75) is 23.7 Å². The Bertz CT molecular complexity index is 880. The van der Waals surface area contributed by atoms with Crippen LogP contribution in [0.4, 0.5) is 4.79 Å². The molecule has 0 radical (unpaired) electrons. The van der Waals surface area contributed by atoms with Crippen LogP contribution in [-0.2, 0) is 14.9 Å². The predicted molar refractivity (Wildman–Crippen MR) is 124 cm³/mol. The summed E-state index contributed by atoms with van der Waals surface area (Å²) in [4.78, 5) is 11.2. The number of amides is 2. The molecule has 0 saturated heterocycles. The number of aliphatic hydroxyl groups excluding tert-OH is 1. The van der Waals surface area contributed by atoms with Gasteiger partial charge < -0.3 is 25.6 Å². The number of methoxy groups -OCH3 is 2. The molecular weight excluding hydrogens is 404 g/mol. The average Bonchev–Trinajstić information content (AvgIpc) is 2.84. The van der Waals surface area contributed by atoms with Crippen LogP contribution in [0.5, 0.6) is 0 Å². The fourth-order valence-corrected chi connectivity index (χ4v) is 4.53. The first-order valence-electron chi connectivity index (χ1n) is 10.5. The number of urea groups is 1. The van der Waals surface area contributed by atoms with E-state index in [-0.39, 0.29) is 13.0 Å². The van der Waals surface area contributed by atoms with E-state index in [0.29, 0.717) is 0 Å². The third-order valence-corrected chi connectivity index (χ3v) is 5.87. The second-order valence-electron chi connectivity index (χ2n) is 7.61. The smallest absolute Gasteiger partial charge is 0.312 e. The fraction of sp³-hybridized carbons (Fsp3) is 0.269. The van der Waals surface area contributed by atoms with E-state index in [4.69, 9.17) is 15.2 Å². The molecule has 0 aliphatic heterocycles. The molecule has 0 bridgehead atoms. The molecule has 0 heterocycles. The van der Waals surface area contributed by atoms with E-state index in [0.717, 1.165) is 16.7 Å². The zero-order valence-electron chi connectivity index (χ0n) is 18.4. The molecule has 3 rings (SSSR count). The normalized spacial score (nSPS) is 12.8. The number of hydrogen-bond donors (Lipinski definition) is 3. The maximum atomic E-state index is 11.2. The lowest BCUT2D eigenvalue weighted by Crippen LogP contribution is -2.58. The maximum absolute atomic E-state index is 11.2. The molecule has 0 aliphatic carbocycles. The van der Waals surface area contributed by atoms with Gasteiger partial charge in [-0.1, -0.05) is 91.0 Å². The standard InChI is InChI=1S/C26H30N2O4/c1-31-25(32-2,18-23(29)19-28-24(27)30)26(20-12-6-3-7-13-20,21-14-8-4-9-15-21)22-16-10-5-11-17-22/h3-17,23,29H,18-19H2,1-2H3,(H3,27,28,30). The van der Waals surface area contributed by atoms with Gasteiger partial charge in [-0.05, 0) is 16.7 Å². The molecule has 168 valence electrons. The molecule has 0 spiro atoms. The minimum Gasteiger partial charge on any atom is -0.391 e. The number of nitrogens with one attached hydrogen (secondary N) is 1. The lowest BCUT2D eigenvalue weighted by molar-refractivity contribution is -0.248. The number of carbonyl (C=O) groups is 1.